The predicted molar refractivity (Wildman–Crippen MR) is 35.6 cm³/mol. The van der Waals surface area contributed by atoms with Crippen LogP contribution in [0.4, 0.5) is 0 Å². The fourth-order valence-corrected chi connectivity index (χ4v) is 0.682. The van der Waals surface area contributed by atoms with Crippen LogP contribution in [-0.4, -0.2) is 17.0 Å². The number of esters is 1. The van der Waals surface area contributed by atoms with Crippen LogP contribution in [0.3, 0.4) is 0 Å². The molecule has 0 atom stereocenters. The average Bonchev–Trinajstić information content (AvgIpc) is 2.10. The van der Waals surface area contributed by atoms with Gasteiger partial charge in [0, 0.05) is 5.57 Å². The number of ether oxygens (including phenoxy) is 1. The summed E-state index contributed by atoms with van der Waals surface area (Å²) < 4.78 is 4.53. The van der Waals surface area contributed by atoms with Crippen molar-refractivity contribution in [3.05, 3.63) is 23.5 Å². The zero-order valence-corrected chi connectivity index (χ0v) is 5.83. The number of carbonyl (C=O) groups is 2. The molecule has 0 saturated carbocycles. The van der Waals surface area contributed by atoms with Gasteiger partial charge in [-0.15, -0.1) is 0 Å². The third-order valence-electron chi connectivity index (χ3n) is 1.16. The maximum absolute atomic E-state index is 10.6. The van der Waals surface area contributed by atoms with Crippen molar-refractivity contribution >= 4 is 11.9 Å². The quantitative estimate of drug-likeness (QED) is 0.440. The van der Waals surface area contributed by atoms with Gasteiger partial charge in [0.15, 0.2) is 0 Å². The lowest BCUT2D eigenvalue weighted by Gasteiger charge is -1.91. The maximum atomic E-state index is 10.6. The molecule has 0 amide bonds. The molecule has 0 saturated heterocycles. The zero-order valence-electron chi connectivity index (χ0n) is 5.83. The lowest BCUT2D eigenvalue weighted by molar-refractivity contribution is -0.133. The van der Waals surface area contributed by atoms with E-state index in [1.807, 2.05) is 0 Å². The highest BCUT2D eigenvalue weighted by Gasteiger charge is 2.17. The van der Waals surface area contributed by atoms with Gasteiger partial charge < -0.3 is 9.84 Å². The van der Waals surface area contributed by atoms with E-state index in [0.717, 1.165) is 6.08 Å². The van der Waals surface area contributed by atoms with Crippen molar-refractivity contribution in [3.8, 4) is 0 Å². The van der Waals surface area contributed by atoms with Crippen molar-refractivity contribution in [2.45, 2.75) is 6.92 Å². The lowest BCUT2D eigenvalue weighted by Crippen LogP contribution is -1.96. The van der Waals surface area contributed by atoms with Gasteiger partial charge in [-0.05, 0) is 13.0 Å². The monoisotopic (exact) mass is 154 g/mol. The van der Waals surface area contributed by atoms with Crippen LogP contribution in [0, 0.1) is 0 Å². The Morgan fingerprint density at radius 1 is 1.73 bits per heavy atom. The van der Waals surface area contributed by atoms with Gasteiger partial charge in [-0.3, -0.25) is 0 Å². The second-order valence-corrected chi connectivity index (χ2v) is 2.10. The molecule has 4 nitrogen and oxygen atoms in total. The molecule has 0 radical (unpaired) electrons. The third-order valence-corrected chi connectivity index (χ3v) is 1.16. The molecule has 1 aliphatic rings. The van der Waals surface area contributed by atoms with Crippen molar-refractivity contribution in [1.29, 1.82) is 0 Å². The minimum absolute atomic E-state index is 0.0833. The summed E-state index contributed by atoms with van der Waals surface area (Å²) in [7, 11) is 0. The van der Waals surface area contributed by atoms with Crippen molar-refractivity contribution in [3.63, 3.8) is 0 Å². The second-order valence-electron chi connectivity index (χ2n) is 2.10. The molecule has 0 aromatic heterocycles. The summed E-state index contributed by atoms with van der Waals surface area (Å²) in [5, 5.41) is 8.25. The number of rotatable bonds is 1. The van der Waals surface area contributed by atoms with Crippen LogP contribution in [0.25, 0.3) is 0 Å². The Hall–Kier alpha value is -1.58. The summed E-state index contributed by atoms with van der Waals surface area (Å²) in [5.41, 5.74) is 0.414. The van der Waals surface area contributed by atoms with Gasteiger partial charge >= 0.3 is 11.9 Å². The van der Waals surface area contributed by atoms with E-state index in [0.29, 0.717) is 5.57 Å². The van der Waals surface area contributed by atoms with Gasteiger partial charge in [-0.25, -0.2) is 9.59 Å². The largest absolute Gasteiger partial charge is 0.478 e. The highest BCUT2D eigenvalue weighted by molar-refractivity contribution is 5.93. The number of carbonyl (C=O) groups excluding carboxylic acids is 1. The zero-order chi connectivity index (χ0) is 8.43. The molecule has 1 aliphatic heterocycles. The first-order valence-electron chi connectivity index (χ1n) is 2.94. The van der Waals surface area contributed by atoms with E-state index in [1.165, 1.54) is 6.08 Å². The SMILES string of the molecule is CC1=C/C(=C\C(=O)O)OC1=O. The summed E-state index contributed by atoms with van der Waals surface area (Å²) in [6, 6.07) is 0. The highest BCUT2D eigenvalue weighted by Crippen LogP contribution is 2.15. The Balaban J connectivity index is 2.83. The second kappa shape index (κ2) is 2.57. The fraction of sp³-hybridized carbons (Fsp3) is 0.143. The Kier molecular flexibility index (Phi) is 1.76. The average molecular weight is 154 g/mol. The molecular formula is C7H6O4. The molecule has 1 heterocycles. The van der Waals surface area contributed by atoms with Crippen molar-refractivity contribution in [1.82, 2.24) is 0 Å². The molecule has 0 bridgehead atoms. The summed E-state index contributed by atoms with van der Waals surface area (Å²) >= 11 is 0. The molecule has 0 aliphatic carbocycles. The number of carboxylic acids is 1. The number of carboxylic acid groups (broad SMARTS) is 1. The van der Waals surface area contributed by atoms with Crippen molar-refractivity contribution in [2.75, 3.05) is 0 Å². The van der Waals surface area contributed by atoms with Crippen molar-refractivity contribution < 1.29 is 19.4 Å². The molecule has 0 aromatic carbocycles. The third kappa shape index (κ3) is 1.67. The molecule has 1 rings (SSSR count). The summed E-state index contributed by atoms with van der Waals surface area (Å²) in [6.45, 7) is 1.56. The molecule has 58 valence electrons. The van der Waals surface area contributed by atoms with E-state index < -0.39 is 11.9 Å². The number of hydrogen-bond acceptors (Lipinski definition) is 3. The van der Waals surface area contributed by atoms with E-state index in [-0.39, 0.29) is 5.76 Å². The smallest absolute Gasteiger partial charge is 0.339 e. The molecule has 11 heavy (non-hydrogen) atoms. The van der Waals surface area contributed by atoms with Gasteiger partial charge in [0.2, 0.25) is 0 Å². The molecule has 0 unspecified atom stereocenters. The Morgan fingerprint density at radius 2 is 2.36 bits per heavy atom. The first-order chi connectivity index (χ1) is 5.09. The number of cyclic esters (lactones) is 1. The van der Waals surface area contributed by atoms with Crippen LogP contribution < -0.4 is 0 Å². The van der Waals surface area contributed by atoms with E-state index in [9.17, 15) is 9.59 Å². The number of allylic oxidation sites excluding steroid dienone is 1. The fourth-order valence-electron chi connectivity index (χ4n) is 0.682. The molecule has 0 spiro atoms. The lowest BCUT2D eigenvalue weighted by atomic mass is 10.3. The molecule has 0 aromatic rings. The first-order valence-corrected chi connectivity index (χ1v) is 2.94. The highest BCUT2D eigenvalue weighted by atomic mass is 16.5. The van der Waals surface area contributed by atoms with Crippen LogP contribution in [0.15, 0.2) is 23.5 Å². The molecular weight excluding hydrogens is 148 g/mol. The van der Waals surface area contributed by atoms with Gasteiger partial charge in [0.05, 0.1) is 6.08 Å². The minimum atomic E-state index is -1.13. The van der Waals surface area contributed by atoms with Gasteiger partial charge in [-0.1, -0.05) is 0 Å². The van der Waals surface area contributed by atoms with Crippen LogP contribution >= 0.6 is 0 Å². The molecule has 0 fully saturated rings. The van der Waals surface area contributed by atoms with Gasteiger partial charge in [0.1, 0.15) is 5.76 Å². The summed E-state index contributed by atoms with van der Waals surface area (Å²) in [6.07, 6.45) is 2.23. The van der Waals surface area contributed by atoms with Crippen LogP contribution in [0.2, 0.25) is 0 Å². The minimum Gasteiger partial charge on any atom is -0.478 e. The summed E-state index contributed by atoms with van der Waals surface area (Å²) in [5.74, 6) is -1.53. The Labute approximate surface area is 62.8 Å². The topological polar surface area (TPSA) is 63.6 Å². The molecule has 4 heteroatoms. The van der Waals surface area contributed by atoms with E-state index >= 15 is 0 Å². The Morgan fingerprint density at radius 3 is 2.73 bits per heavy atom. The standard InChI is InChI=1S/C7H6O4/c1-4-2-5(3-6(8)9)11-7(4)10/h2-3H,1H3,(H,8,9)/b5-3+. The van der Waals surface area contributed by atoms with E-state index in [4.69, 9.17) is 5.11 Å². The summed E-state index contributed by atoms with van der Waals surface area (Å²) in [4.78, 5) is 20.7. The number of aliphatic carboxylic acids is 1. The van der Waals surface area contributed by atoms with Crippen molar-refractivity contribution in [2.24, 2.45) is 0 Å². The van der Waals surface area contributed by atoms with E-state index in [2.05, 4.69) is 4.74 Å². The first kappa shape index (κ1) is 7.53. The predicted octanol–water partition coefficient (Wildman–Crippen LogP) is 0.458. The van der Waals surface area contributed by atoms with Crippen LogP contribution in [-0.2, 0) is 14.3 Å². The van der Waals surface area contributed by atoms with E-state index in [1.54, 1.807) is 6.92 Å². The normalized spacial score (nSPS) is 19.9. The Bertz CT molecular complexity index is 272. The van der Waals surface area contributed by atoms with Crippen LogP contribution in [0.5, 0.6) is 0 Å². The van der Waals surface area contributed by atoms with Gasteiger partial charge in [0.25, 0.3) is 0 Å². The van der Waals surface area contributed by atoms with Crippen LogP contribution in [0.1, 0.15) is 6.92 Å². The maximum Gasteiger partial charge on any atom is 0.339 e. The number of hydrogen-bond donors (Lipinski definition) is 1. The molecule has 1 N–H and O–H groups in total. The van der Waals surface area contributed by atoms with Gasteiger partial charge in [-0.2, -0.15) is 0 Å².